The van der Waals surface area contributed by atoms with Crippen molar-refractivity contribution < 1.29 is 4.74 Å². The fraction of sp³-hybridized carbons (Fsp3) is 0.294. The lowest BCUT2D eigenvalue weighted by Gasteiger charge is -2.30. The van der Waals surface area contributed by atoms with Gasteiger partial charge in [0.05, 0.1) is 35.9 Å². The Morgan fingerprint density at radius 1 is 1.19 bits per heavy atom. The molecule has 1 aromatic heterocycles. The van der Waals surface area contributed by atoms with Crippen LogP contribution in [0.15, 0.2) is 36.4 Å². The number of hydrogen-bond donors (Lipinski definition) is 0. The Balaban J connectivity index is 2.09. The van der Waals surface area contributed by atoms with Crippen LogP contribution in [0.3, 0.4) is 0 Å². The average Bonchev–Trinajstić information content (AvgIpc) is 2.55. The lowest BCUT2D eigenvalue weighted by molar-refractivity contribution is 0.122. The fourth-order valence-corrected chi connectivity index (χ4v) is 2.60. The second-order valence-corrected chi connectivity index (χ2v) is 5.06. The van der Waals surface area contributed by atoms with Crippen LogP contribution in [0.2, 0.25) is 0 Å². The molecule has 1 aliphatic rings. The van der Waals surface area contributed by atoms with E-state index in [0.29, 0.717) is 18.8 Å². The van der Waals surface area contributed by atoms with E-state index in [2.05, 4.69) is 16.0 Å². The number of hydrogen-bond acceptors (Lipinski definition) is 4. The van der Waals surface area contributed by atoms with Crippen molar-refractivity contribution in [1.82, 2.24) is 4.98 Å². The molecule has 3 rings (SSSR count). The number of pyridine rings is 1. The highest BCUT2D eigenvalue weighted by atomic mass is 16.5. The zero-order valence-electron chi connectivity index (χ0n) is 12.0. The van der Waals surface area contributed by atoms with E-state index in [-0.39, 0.29) is 0 Å². The Morgan fingerprint density at radius 3 is 2.57 bits per heavy atom. The predicted molar refractivity (Wildman–Crippen MR) is 82.2 cm³/mol. The topological polar surface area (TPSA) is 49.2 Å². The zero-order valence-corrected chi connectivity index (χ0v) is 12.0. The summed E-state index contributed by atoms with van der Waals surface area (Å²) in [6.45, 7) is 4.92. The molecule has 0 unspecified atom stereocenters. The van der Waals surface area contributed by atoms with Crippen LogP contribution in [-0.2, 0) is 4.74 Å². The molecule has 1 aromatic carbocycles. The third kappa shape index (κ3) is 2.74. The van der Waals surface area contributed by atoms with Gasteiger partial charge in [-0.3, -0.25) is 4.98 Å². The average molecular weight is 279 g/mol. The summed E-state index contributed by atoms with van der Waals surface area (Å²) in [6.07, 6.45) is 0. The van der Waals surface area contributed by atoms with E-state index >= 15 is 0 Å². The Labute approximate surface area is 124 Å². The minimum absolute atomic E-state index is 0.664. The van der Waals surface area contributed by atoms with Gasteiger partial charge in [-0.15, -0.1) is 0 Å². The summed E-state index contributed by atoms with van der Waals surface area (Å²) < 4.78 is 5.40. The largest absolute Gasteiger partial charge is 0.378 e. The van der Waals surface area contributed by atoms with E-state index in [1.807, 2.05) is 43.3 Å². The summed E-state index contributed by atoms with van der Waals surface area (Å²) >= 11 is 0. The van der Waals surface area contributed by atoms with Crippen LogP contribution in [0.4, 0.5) is 5.69 Å². The Morgan fingerprint density at radius 2 is 1.90 bits per heavy atom. The van der Waals surface area contributed by atoms with E-state index in [4.69, 9.17) is 4.74 Å². The van der Waals surface area contributed by atoms with Gasteiger partial charge in [0.15, 0.2) is 0 Å². The van der Waals surface area contributed by atoms with Gasteiger partial charge < -0.3 is 9.64 Å². The maximum absolute atomic E-state index is 9.44. The molecule has 0 atom stereocenters. The highest BCUT2D eigenvalue weighted by molar-refractivity contribution is 5.70. The van der Waals surface area contributed by atoms with Crippen LogP contribution in [-0.4, -0.2) is 31.3 Å². The maximum Gasteiger partial charge on any atom is 0.103 e. The van der Waals surface area contributed by atoms with Gasteiger partial charge in [-0.2, -0.15) is 5.26 Å². The van der Waals surface area contributed by atoms with Crippen molar-refractivity contribution in [2.75, 3.05) is 31.2 Å². The number of aryl methyl sites for hydroxylation is 1. The molecule has 0 spiro atoms. The van der Waals surface area contributed by atoms with Gasteiger partial charge in [-0.05, 0) is 13.0 Å². The minimum Gasteiger partial charge on any atom is -0.378 e. The van der Waals surface area contributed by atoms with E-state index in [0.717, 1.165) is 35.7 Å². The van der Waals surface area contributed by atoms with Crippen molar-refractivity contribution in [3.05, 3.63) is 47.7 Å². The molecule has 0 N–H and O–H groups in total. The number of morpholine rings is 1. The number of rotatable bonds is 2. The quantitative estimate of drug-likeness (QED) is 0.848. The van der Waals surface area contributed by atoms with E-state index in [1.54, 1.807) is 0 Å². The van der Waals surface area contributed by atoms with Gasteiger partial charge >= 0.3 is 0 Å². The maximum atomic E-state index is 9.44. The van der Waals surface area contributed by atoms with Gasteiger partial charge in [0.1, 0.15) is 6.07 Å². The Bertz CT molecular complexity index is 670. The van der Waals surface area contributed by atoms with Crippen molar-refractivity contribution in [1.29, 1.82) is 5.26 Å². The lowest BCUT2D eigenvalue weighted by Crippen LogP contribution is -2.36. The van der Waals surface area contributed by atoms with Crippen LogP contribution >= 0.6 is 0 Å². The zero-order chi connectivity index (χ0) is 14.7. The molecular formula is C17H17N3O. The van der Waals surface area contributed by atoms with Gasteiger partial charge in [0.25, 0.3) is 0 Å². The van der Waals surface area contributed by atoms with Gasteiger partial charge in [0, 0.05) is 18.7 Å². The molecular weight excluding hydrogens is 262 g/mol. The first-order valence-corrected chi connectivity index (χ1v) is 7.09. The molecule has 0 saturated carbocycles. The third-order valence-corrected chi connectivity index (χ3v) is 3.71. The summed E-state index contributed by atoms with van der Waals surface area (Å²) in [5.74, 6) is 0. The van der Waals surface area contributed by atoms with Crippen molar-refractivity contribution in [3.63, 3.8) is 0 Å². The van der Waals surface area contributed by atoms with E-state index < -0.39 is 0 Å². The second-order valence-electron chi connectivity index (χ2n) is 5.06. The number of benzene rings is 1. The summed E-state index contributed by atoms with van der Waals surface area (Å²) in [6, 6.07) is 14.4. The third-order valence-electron chi connectivity index (χ3n) is 3.71. The molecule has 106 valence electrons. The normalized spacial score (nSPS) is 14.8. The second kappa shape index (κ2) is 5.94. The molecule has 1 aliphatic heterocycles. The smallest absolute Gasteiger partial charge is 0.103 e. The summed E-state index contributed by atoms with van der Waals surface area (Å²) in [4.78, 5) is 6.80. The lowest BCUT2D eigenvalue weighted by atomic mass is 10.1. The standard InChI is InChI=1S/C17H17N3O/c1-13-15(12-18)17(20-7-9-21-10-8-20)11-16(19-13)14-5-3-2-4-6-14/h2-6,11H,7-10H2,1H3. The molecule has 0 amide bonds. The first-order valence-electron chi connectivity index (χ1n) is 7.09. The van der Waals surface area contributed by atoms with Crippen LogP contribution in [0.25, 0.3) is 11.3 Å². The monoisotopic (exact) mass is 279 g/mol. The molecule has 2 heterocycles. The molecule has 0 radical (unpaired) electrons. The van der Waals surface area contributed by atoms with E-state index in [1.165, 1.54) is 0 Å². The Hall–Kier alpha value is -2.38. The van der Waals surface area contributed by atoms with E-state index in [9.17, 15) is 5.26 Å². The molecule has 21 heavy (non-hydrogen) atoms. The highest BCUT2D eigenvalue weighted by Gasteiger charge is 2.18. The van der Waals surface area contributed by atoms with Crippen molar-refractivity contribution in [3.8, 4) is 17.3 Å². The Kier molecular flexibility index (Phi) is 3.85. The number of ether oxygens (including phenoxy) is 1. The molecule has 1 saturated heterocycles. The van der Waals surface area contributed by atoms with Crippen LogP contribution in [0, 0.1) is 18.3 Å². The first-order chi connectivity index (χ1) is 10.3. The predicted octanol–water partition coefficient (Wildman–Crippen LogP) is 2.77. The van der Waals surface area contributed by atoms with Crippen molar-refractivity contribution >= 4 is 5.69 Å². The van der Waals surface area contributed by atoms with Gasteiger partial charge in [0.2, 0.25) is 0 Å². The first kappa shape index (κ1) is 13.6. The molecule has 4 heteroatoms. The van der Waals surface area contributed by atoms with Crippen LogP contribution in [0.5, 0.6) is 0 Å². The number of aromatic nitrogens is 1. The number of nitrogens with zero attached hydrogens (tertiary/aromatic N) is 3. The van der Waals surface area contributed by atoms with Crippen LogP contribution < -0.4 is 4.90 Å². The van der Waals surface area contributed by atoms with Crippen molar-refractivity contribution in [2.45, 2.75) is 6.92 Å². The minimum atomic E-state index is 0.664. The van der Waals surface area contributed by atoms with Crippen LogP contribution in [0.1, 0.15) is 11.3 Å². The summed E-state index contributed by atoms with van der Waals surface area (Å²) in [5, 5.41) is 9.44. The molecule has 1 fully saturated rings. The van der Waals surface area contributed by atoms with Crippen molar-refractivity contribution in [2.24, 2.45) is 0 Å². The number of nitriles is 1. The summed E-state index contributed by atoms with van der Waals surface area (Å²) in [7, 11) is 0. The fourth-order valence-electron chi connectivity index (χ4n) is 2.60. The molecule has 0 aliphatic carbocycles. The molecule has 4 nitrogen and oxygen atoms in total. The molecule has 0 bridgehead atoms. The highest BCUT2D eigenvalue weighted by Crippen LogP contribution is 2.28. The number of anilines is 1. The summed E-state index contributed by atoms with van der Waals surface area (Å²) in [5.41, 5.74) is 4.39. The SMILES string of the molecule is Cc1nc(-c2ccccc2)cc(N2CCOCC2)c1C#N. The molecule has 2 aromatic rings. The van der Waals surface area contributed by atoms with Gasteiger partial charge in [-0.25, -0.2) is 0 Å². The van der Waals surface area contributed by atoms with Gasteiger partial charge in [-0.1, -0.05) is 30.3 Å².